The quantitative estimate of drug-likeness (QED) is 0.694. The molecule has 0 saturated heterocycles. The zero-order valence-electron chi connectivity index (χ0n) is 12.0. The van der Waals surface area contributed by atoms with Crippen LogP contribution in [0.25, 0.3) is 0 Å². The molecule has 20 heavy (non-hydrogen) atoms. The second-order valence-corrected chi connectivity index (χ2v) is 6.69. The van der Waals surface area contributed by atoms with Crippen LogP contribution in [0.2, 0.25) is 0 Å². The third kappa shape index (κ3) is 3.03. The first-order chi connectivity index (χ1) is 9.60. The van der Waals surface area contributed by atoms with Crippen LogP contribution in [0.5, 0.6) is 0 Å². The standard InChI is InChI=1S/C15H20O4.W/c1-10-12(8-17-2)13(9-18-3)11(7-14(10)16)15-5-4-6-19-15;/h4-6,10-13H,7-8H2,1-3H3;/t10?,11-,12-,13+;/m0./s1. The molecule has 0 aliphatic heterocycles. The fraction of sp³-hybridized carbons (Fsp3) is 0.600. The summed E-state index contributed by atoms with van der Waals surface area (Å²) in [5, 5.41) is 0. The Kier molecular flexibility index (Phi) is 5.48. The van der Waals surface area contributed by atoms with Gasteiger partial charge in [0.15, 0.2) is 0 Å². The molecule has 2 rings (SSSR count). The molecule has 0 bridgehead atoms. The molecular weight excluding hydrogens is 428 g/mol. The number of carbonyl (C=O) groups is 1. The number of furan rings is 1. The van der Waals surface area contributed by atoms with Crippen LogP contribution in [-0.2, 0) is 33.6 Å². The summed E-state index contributed by atoms with van der Waals surface area (Å²) < 4.78 is 17.4. The van der Waals surface area contributed by atoms with E-state index in [0.29, 0.717) is 13.0 Å². The number of hydrogen-bond acceptors (Lipinski definition) is 4. The van der Waals surface area contributed by atoms with Gasteiger partial charge in [0.25, 0.3) is 0 Å². The summed E-state index contributed by atoms with van der Waals surface area (Å²) in [6.45, 7) is 2.56. The first-order valence-corrected chi connectivity index (χ1v) is 8.19. The number of methoxy groups -OCH3 is 2. The predicted molar refractivity (Wildman–Crippen MR) is 71.1 cm³/mol. The summed E-state index contributed by atoms with van der Waals surface area (Å²) in [4.78, 5) is 12.3. The van der Waals surface area contributed by atoms with Gasteiger partial charge in [0.2, 0.25) is 0 Å². The van der Waals surface area contributed by atoms with Crippen LogP contribution in [-0.4, -0.2) is 30.7 Å². The average molecular weight is 448 g/mol. The van der Waals surface area contributed by atoms with E-state index in [9.17, 15) is 4.79 Å². The molecule has 0 radical (unpaired) electrons. The van der Waals surface area contributed by atoms with Crippen LogP contribution in [0.15, 0.2) is 22.8 Å². The molecule has 110 valence electrons. The van der Waals surface area contributed by atoms with Crippen molar-refractivity contribution in [3.05, 3.63) is 24.2 Å². The van der Waals surface area contributed by atoms with Gasteiger partial charge in [-0.15, -0.1) is 0 Å². The minimum absolute atomic E-state index is 0.00402. The van der Waals surface area contributed by atoms with Gasteiger partial charge < -0.3 is 0 Å². The van der Waals surface area contributed by atoms with E-state index in [-0.39, 0.29) is 29.5 Å². The number of rotatable bonds is 5. The molecule has 0 N–H and O–H groups in total. The summed E-state index contributed by atoms with van der Waals surface area (Å²) in [6.07, 6.45) is 2.18. The van der Waals surface area contributed by atoms with Crippen LogP contribution in [0.1, 0.15) is 25.0 Å². The van der Waals surface area contributed by atoms with Crippen molar-refractivity contribution >= 4 is 9.87 Å². The Morgan fingerprint density at radius 2 is 2.25 bits per heavy atom. The molecule has 1 aliphatic carbocycles. The van der Waals surface area contributed by atoms with Crippen molar-refractivity contribution in [2.24, 2.45) is 17.8 Å². The Labute approximate surface area is 130 Å². The van der Waals surface area contributed by atoms with Crippen molar-refractivity contribution in [1.29, 1.82) is 0 Å². The van der Waals surface area contributed by atoms with E-state index in [1.54, 1.807) is 20.5 Å². The van der Waals surface area contributed by atoms with E-state index < -0.39 is 0 Å². The molecule has 5 heteroatoms. The van der Waals surface area contributed by atoms with Gasteiger partial charge in [0.05, 0.1) is 0 Å². The SMILES string of the molecule is COC[C@H]1C(C)C(=O)C[C@H](c2ccco2)[C@H]1[C](=[W])OC. The van der Waals surface area contributed by atoms with E-state index in [0.717, 1.165) is 9.84 Å². The molecule has 1 heterocycles. The molecule has 4 nitrogen and oxygen atoms in total. The van der Waals surface area contributed by atoms with Gasteiger partial charge in [-0.1, -0.05) is 0 Å². The molecule has 1 aromatic rings. The molecule has 1 aliphatic rings. The van der Waals surface area contributed by atoms with Gasteiger partial charge in [0.1, 0.15) is 0 Å². The maximum absolute atomic E-state index is 12.3. The van der Waals surface area contributed by atoms with Crippen molar-refractivity contribution < 1.29 is 38.0 Å². The van der Waals surface area contributed by atoms with Crippen molar-refractivity contribution in [1.82, 2.24) is 0 Å². The molecular formula is C15H20O4W. The average Bonchev–Trinajstić information content (AvgIpc) is 2.97. The van der Waals surface area contributed by atoms with Crippen molar-refractivity contribution in [2.45, 2.75) is 19.3 Å². The van der Waals surface area contributed by atoms with Crippen molar-refractivity contribution in [3.8, 4) is 0 Å². The number of ketones is 1. The van der Waals surface area contributed by atoms with Gasteiger partial charge in [-0.05, 0) is 0 Å². The van der Waals surface area contributed by atoms with Gasteiger partial charge in [-0.2, -0.15) is 0 Å². The molecule has 1 fully saturated rings. The van der Waals surface area contributed by atoms with Gasteiger partial charge in [0, 0.05) is 0 Å². The third-order valence-corrected chi connectivity index (χ3v) is 5.78. The third-order valence-electron chi connectivity index (χ3n) is 4.21. The predicted octanol–water partition coefficient (Wildman–Crippen LogP) is 2.17. The molecule has 0 spiro atoms. The normalized spacial score (nSPS) is 30.4. The number of carbonyl (C=O) groups excluding carboxylic acids is 1. The van der Waals surface area contributed by atoms with Crippen LogP contribution in [0.4, 0.5) is 0 Å². The van der Waals surface area contributed by atoms with Crippen LogP contribution in [0, 0.1) is 17.8 Å². The Morgan fingerprint density at radius 1 is 1.50 bits per heavy atom. The molecule has 4 atom stereocenters. The zero-order chi connectivity index (χ0) is 14.7. The molecule has 1 aromatic heterocycles. The molecule has 0 amide bonds. The number of ether oxygens (including phenoxy) is 2. The fourth-order valence-corrected chi connectivity index (χ4v) is 4.29. The van der Waals surface area contributed by atoms with Crippen LogP contribution < -0.4 is 0 Å². The Balaban J connectivity index is 2.37. The summed E-state index contributed by atoms with van der Waals surface area (Å²) in [5.74, 6) is 1.52. The number of Topliss-reactive ketones (excluding diaryl/α,β-unsaturated/α-hetero) is 1. The zero-order valence-corrected chi connectivity index (χ0v) is 14.9. The van der Waals surface area contributed by atoms with Crippen LogP contribution in [0.3, 0.4) is 0 Å². The van der Waals surface area contributed by atoms with Gasteiger partial charge in [-0.3, -0.25) is 0 Å². The summed E-state index contributed by atoms with van der Waals surface area (Å²) in [5.41, 5.74) is 0. The van der Waals surface area contributed by atoms with E-state index in [1.165, 1.54) is 19.4 Å². The van der Waals surface area contributed by atoms with E-state index in [4.69, 9.17) is 13.9 Å². The monoisotopic (exact) mass is 448 g/mol. The summed E-state index contributed by atoms with van der Waals surface area (Å²) in [6, 6.07) is 3.82. The van der Waals surface area contributed by atoms with Gasteiger partial charge >= 0.3 is 130 Å². The summed E-state index contributed by atoms with van der Waals surface area (Å²) >= 11 is 1.30. The Bertz CT molecular complexity index is 468. The second-order valence-electron chi connectivity index (χ2n) is 5.25. The van der Waals surface area contributed by atoms with E-state index in [1.807, 2.05) is 19.1 Å². The van der Waals surface area contributed by atoms with Crippen molar-refractivity contribution in [3.63, 3.8) is 0 Å². The minimum atomic E-state index is -0.00402. The van der Waals surface area contributed by atoms with Crippen molar-refractivity contribution in [2.75, 3.05) is 20.8 Å². The number of hydrogen-bond donors (Lipinski definition) is 0. The Morgan fingerprint density at radius 3 is 2.80 bits per heavy atom. The maximum atomic E-state index is 12.3. The molecule has 1 saturated carbocycles. The first kappa shape index (κ1) is 15.8. The fourth-order valence-electron chi connectivity index (χ4n) is 3.07. The van der Waals surface area contributed by atoms with E-state index in [2.05, 4.69) is 0 Å². The second kappa shape index (κ2) is 6.93. The van der Waals surface area contributed by atoms with Crippen LogP contribution >= 0.6 is 0 Å². The van der Waals surface area contributed by atoms with Gasteiger partial charge in [-0.25, -0.2) is 0 Å². The summed E-state index contributed by atoms with van der Waals surface area (Å²) in [7, 11) is 3.38. The Hall–Kier alpha value is -0.572. The first-order valence-electron chi connectivity index (χ1n) is 6.73. The topological polar surface area (TPSA) is 48.7 Å². The molecule has 1 unspecified atom stereocenters. The molecule has 0 aromatic carbocycles. The van der Waals surface area contributed by atoms with E-state index >= 15 is 0 Å².